The zero-order valence-electron chi connectivity index (χ0n) is 18.0. The molecule has 158 valence electrons. The van der Waals surface area contributed by atoms with Crippen molar-refractivity contribution in [3.8, 4) is 5.75 Å². The maximum atomic E-state index is 6.09. The number of fused-ring (bicyclic) bond motifs is 1. The molecule has 1 aromatic heterocycles. The molecule has 6 heteroatoms. The van der Waals surface area contributed by atoms with Crippen LogP contribution in [0, 0.1) is 0 Å². The number of allylic oxidation sites excluding steroid dienone is 4. The SMILES string of the molecule is C.C=C(/C=C\C(=C/C)B1OC(C)(C)C(C)(C)O1)Oc1cccc2[nH]ncc12.CC. The van der Waals surface area contributed by atoms with Crippen molar-refractivity contribution >= 4 is 18.0 Å². The van der Waals surface area contributed by atoms with E-state index >= 15 is 0 Å². The van der Waals surface area contributed by atoms with Gasteiger partial charge in [0.1, 0.15) is 11.5 Å². The first-order valence-electron chi connectivity index (χ1n) is 9.72. The smallest absolute Gasteiger partial charge is 0.457 e. The van der Waals surface area contributed by atoms with Gasteiger partial charge in [-0.25, -0.2) is 0 Å². The average molecular weight is 398 g/mol. The molecule has 1 N–H and O–H groups in total. The van der Waals surface area contributed by atoms with Crippen LogP contribution in [0.4, 0.5) is 0 Å². The number of aromatic nitrogens is 2. The molecule has 5 nitrogen and oxygen atoms in total. The summed E-state index contributed by atoms with van der Waals surface area (Å²) in [5.74, 6) is 1.23. The van der Waals surface area contributed by atoms with E-state index in [-0.39, 0.29) is 18.6 Å². The highest BCUT2D eigenvalue weighted by molar-refractivity contribution is 6.55. The molecule has 0 bridgehead atoms. The number of hydrogen-bond donors (Lipinski definition) is 1. The van der Waals surface area contributed by atoms with E-state index in [0.717, 1.165) is 16.4 Å². The molecule has 0 unspecified atom stereocenters. The van der Waals surface area contributed by atoms with Gasteiger partial charge >= 0.3 is 7.12 Å². The predicted molar refractivity (Wildman–Crippen MR) is 123 cm³/mol. The lowest BCUT2D eigenvalue weighted by Gasteiger charge is -2.32. The lowest BCUT2D eigenvalue weighted by molar-refractivity contribution is 0.00578. The zero-order chi connectivity index (χ0) is 20.9. The molecule has 1 fully saturated rings. The molecule has 0 atom stereocenters. The number of H-pyrrole nitrogens is 1. The summed E-state index contributed by atoms with van der Waals surface area (Å²) < 4.78 is 18.1. The predicted octanol–water partition coefficient (Wildman–Crippen LogP) is 6.25. The number of aromatic amines is 1. The first-order valence-corrected chi connectivity index (χ1v) is 9.72. The zero-order valence-corrected chi connectivity index (χ0v) is 18.0. The van der Waals surface area contributed by atoms with Crippen molar-refractivity contribution in [3.63, 3.8) is 0 Å². The summed E-state index contributed by atoms with van der Waals surface area (Å²) in [5.41, 5.74) is 1.11. The molecule has 0 aliphatic carbocycles. The topological polar surface area (TPSA) is 56.4 Å². The first-order chi connectivity index (χ1) is 13.2. The Morgan fingerprint density at radius 1 is 1.14 bits per heavy atom. The van der Waals surface area contributed by atoms with Gasteiger partial charge in [0.2, 0.25) is 0 Å². The Balaban J connectivity index is 0.00000136. The molecule has 1 aromatic carbocycles. The molecule has 1 saturated heterocycles. The van der Waals surface area contributed by atoms with Crippen molar-refractivity contribution in [2.75, 3.05) is 0 Å². The maximum absolute atomic E-state index is 6.09. The van der Waals surface area contributed by atoms with Crippen molar-refractivity contribution in [2.45, 2.75) is 67.1 Å². The van der Waals surface area contributed by atoms with Crippen LogP contribution in [0.15, 0.2) is 60.4 Å². The second kappa shape index (κ2) is 9.94. The Morgan fingerprint density at radius 2 is 1.76 bits per heavy atom. The van der Waals surface area contributed by atoms with E-state index < -0.39 is 7.12 Å². The number of ether oxygens (including phenoxy) is 1. The fraction of sp³-hybridized carbons (Fsp3) is 0.435. The fourth-order valence-corrected chi connectivity index (χ4v) is 2.68. The van der Waals surface area contributed by atoms with Gasteiger partial charge in [-0.05, 0) is 58.3 Å². The van der Waals surface area contributed by atoms with E-state index in [1.165, 1.54) is 0 Å². The second-order valence-electron chi connectivity index (χ2n) is 7.37. The average Bonchev–Trinajstić information content (AvgIpc) is 3.20. The summed E-state index contributed by atoms with van der Waals surface area (Å²) in [5, 5.41) is 7.88. The Hall–Kier alpha value is -2.31. The van der Waals surface area contributed by atoms with E-state index in [4.69, 9.17) is 14.0 Å². The number of nitrogens with one attached hydrogen (secondary N) is 1. The Kier molecular flexibility index (Phi) is 8.48. The quantitative estimate of drug-likeness (QED) is 0.367. The highest BCUT2D eigenvalue weighted by Crippen LogP contribution is 2.38. The van der Waals surface area contributed by atoms with Crippen LogP contribution in [0.5, 0.6) is 5.75 Å². The summed E-state index contributed by atoms with van der Waals surface area (Å²) in [4.78, 5) is 0. The molecule has 2 aromatic rings. The standard InChI is InChI=1S/C20H25BN2O3.C2H6.CH4/c1-7-15(21-25-19(3,4)20(5,6)26-21)12-11-14(2)24-18-10-8-9-17-16(18)13-22-23-17;1-2;/h7-13H,2H2,1,3-6H3,(H,22,23);1-2H3;1H4/b12-11-,15-7+;;. The molecule has 29 heavy (non-hydrogen) atoms. The van der Waals surface area contributed by atoms with Gasteiger partial charge in [-0.15, -0.1) is 0 Å². The number of benzene rings is 1. The fourth-order valence-electron chi connectivity index (χ4n) is 2.68. The monoisotopic (exact) mass is 398 g/mol. The third-order valence-electron chi connectivity index (χ3n) is 5.01. The van der Waals surface area contributed by atoms with Crippen LogP contribution in [0.25, 0.3) is 10.9 Å². The van der Waals surface area contributed by atoms with E-state index in [2.05, 4.69) is 16.8 Å². The van der Waals surface area contributed by atoms with Crippen molar-refractivity contribution < 1.29 is 14.0 Å². The Labute approximate surface area is 176 Å². The van der Waals surface area contributed by atoms with Crippen molar-refractivity contribution in [2.24, 2.45) is 0 Å². The summed E-state index contributed by atoms with van der Waals surface area (Å²) in [6.45, 7) is 18.1. The Morgan fingerprint density at radius 3 is 2.34 bits per heavy atom. The van der Waals surface area contributed by atoms with Crippen molar-refractivity contribution in [1.29, 1.82) is 0 Å². The van der Waals surface area contributed by atoms with Crippen LogP contribution in [0.1, 0.15) is 55.9 Å². The normalized spacial score (nSPS) is 17.6. The van der Waals surface area contributed by atoms with Crippen LogP contribution >= 0.6 is 0 Å². The lowest BCUT2D eigenvalue weighted by atomic mass is 9.77. The van der Waals surface area contributed by atoms with Crippen LogP contribution < -0.4 is 4.74 Å². The van der Waals surface area contributed by atoms with Crippen LogP contribution in [-0.2, 0) is 9.31 Å². The van der Waals surface area contributed by atoms with Gasteiger partial charge in [-0.1, -0.05) is 46.1 Å². The van der Waals surface area contributed by atoms with Crippen LogP contribution in [0.3, 0.4) is 0 Å². The summed E-state index contributed by atoms with van der Waals surface area (Å²) in [6, 6.07) is 5.75. The molecule has 1 aliphatic rings. The van der Waals surface area contributed by atoms with Crippen molar-refractivity contribution in [3.05, 3.63) is 60.4 Å². The number of nitrogens with zero attached hydrogens (tertiary/aromatic N) is 1. The van der Waals surface area contributed by atoms with Crippen LogP contribution in [0.2, 0.25) is 0 Å². The lowest BCUT2D eigenvalue weighted by Crippen LogP contribution is -2.41. The Bertz CT molecular complexity index is 865. The molecule has 0 saturated carbocycles. The van der Waals surface area contributed by atoms with E-state index in [9.17, 15) is 0 Å². The van der Waals surface area contributed by atoms with Gasteiger partial charge in [-0.2, -0.15) is 5.10 Å². The summed E-state index contributed by atoms with van der Waals surface area (Å²) in [6.07, 6.45) is 7.45. The molecule has 2 heterocycles. The van der Waals surface area contributed by atoms with Crippen LogP contribution in [-0.4, -0.2) is 28.5 Å². The third kappa shape index (κ3) is 5.40. The van der Waals surface area contributed by atoms with Gasteiger partial charge in [0.15, 0.2) is 0 Å². The summed E-state index contributed by atoms with van der Waals surface area (Å²) in [7, 11) is -0.411. The van der Waals surface area contributed by atoms with Gasteiger partial charge in [0.25, 0.3) is 0 Å². The minimum absolute atomic E-state index is 0. The van der Waals surface area contributed by atoms with Gasteiger partial charge in [-0.3, -0.25) is 5.10 Å². The minimum atomic E-state index is -0.411. The van der Waals surface area contributed by atoms with Gasteiger partial charge in [0, 0.05) is 0 Å². The number of rotatable bonds is 5. The van der Waals surface area contributed by atoms with Gasteiger partial charge < -0.3 is 14.0 Å². The highest BCUT2D eigenvalue weighted by atomic mass is 16.7. The highest BCUT2D eigenvalue weighted by Gasteiger charge is 2.51. The molecule has 1 aliphatic heterocycles. The molecule has 3 rings (SSSR count). The molecule has 0 spiro atoms. The first kappa shape index (κ1) is 24.7. The molecule has 0 radical (unpaired) electrons. The molecular weight excluding hydrogens is 363 g/mol. The van der Waals surface area contributed by atoms with E-state index in [1.54, 1.807) is 6.20 Å². The maximum Gasteiger partial charge on any atom is 0.494 e. The number of hydrogen-bond acceptors (Lipinski definition) is 4. The van der Waals surface area contributed by atoms with E-state index in [0.29, 0.717) is 11.5 Å². The van der Waals surface area contributed by atoms with Crippen molar-refractivity contribution in [1.82, 2.24) is 10.2 Å². The second-order valence-corrected chi connectivity index (χ2v) is 7.37. The molecule has 0 amide bonds. The third-order valence-corrected chi connectivity index (χ3v) is 5.01. The summed E-state index contributed by atoms with van der Waals surface area (Å²) >= 11 is 0. The largest absolute Gasteiger partial charge is 0.494 e. The minimum Gasteiger partial charge on any atom is -0.457 e. The van der Waals surface area contributed by atoms with Gasteiger partial charge in [0.05, 0.1) is 28.3 Å². The van der Waals surface area contributed by atoms with E-state index in [1.807, 2.05) is 84.9 Å². The molecular formula is C23H35BN2O3.